The summed E-state index contributed by atoms with van der Waals surface area (Å²) in [5.41, 5.74) is 2.59. The standard InChI is InChI=1S/C21H32N4O3S/c1-25-21-11-16(3-4-17(21)13-23-25)15-5-7-19(8-6-15)28-14-18-12-22-10-9-20(18)24-29(2,26)27/h3-4,11,13,15,18-20,22,24H,5-10,12,14H2,1-2H3/t15?,18-,19?,20-/m0/s1. The van der Waals surface area contributed by atoms with Crippen molar-refractivity contribution in [3.05, 3.63) is 30.0 Å². The van der Waals surface area contributed by atoms with Crippen LogP contribution in [-0.2, 0) is 21.8 Å². The molecule has 0 spiro atoms. The van der Waals surface area contributed by atoms with Crippen molar-refractivity contribution in [2.24, 2.45) is 13.0 Å². The van der Waals surface area contributed by atoms with Crippen molar-refractivity contribution in [3.8, 4) is 0 Å². The number of benzene rings is 1. The highest BCUT2D eigenvalue weighted by atomic mass is 32.2. The molecule has 2 heterocycles. The maximum absolute atomic E-state index is 11.6. The highest BCUT2D eigenvalue weighted by Crippen LogP contribution is 2.35. The Morgan fingerprint density at radius 1 is 1.24 bits per heavy atom. The lowest BCUT2D eigenvalue weighted by atomic mass is 9.82. The first-order chi connectivity index (χ1) is 13.9. The molecule has 8 heteroatoms. The van der Waals surface area contributed by atoms with E-state index in [1.165, 1.54) is 22.7 Å². The van der Waals surface area contributed by atoms with Crippen molar-refractivity contribution in [3.63, 3.8) is 0 Å². The van der Waals surface area contributed by atoms with E-state index in [4.69, 9.17) is 4.74 Å². The molecule has 2 atom stereocenters. The first kappa shape index (κ1) is 20.8. The number of aryl methyl sites for hydroxylation is 1. The van der Waals surface area contributed by atoms with Gasteiger partial charge in [0.2, 0.25) is 10.0 Å². The fourth-order valence-corrected chi connectivity index (χ4v) is 5.63. The molecule has 29 heavy (non-hydrogen) atoms. The van der Waals surface area contributed by atoms with Crippen LogP contribution in [0.1, 0.15) is 43.6 Å². The molecule has 4 rings (SSSR count). The Morgan fingerprint density at radius 3 is 2.79 bits per heavy atom. The Morgan fingerprint density at radius 2 is 2.03 bits per heavy atom. The summed E-state index contributed by atoms with van der Waals surface area (Å²) < 4.78 is 34.2. The quantitative estimate of drug-likeness (QED) is 0.748. The van der Waals surface area contributed by atoms with Crippen LogP contribution in [0.2, 0.25) is 0 Å². The van der Waals surface area contributed by atoms with Gasteiger partial charge in [-0.25, -0.2) is 13.1 Å². The fraction of sp³-hybridized carbons (Fsp3) is 0.667. The largest absolute Gasteiger partial charge is 0.378 e. The molecule has 0 amide bonds. The number of hydrogen-bond acceptors (Lipinski definition) is 5. The predicted octanol–water partition coefficient (Wildman–Crippen LogP) is 2.14. The van der Waals surface area contributed by atoms with Gasteiger partial charge in [0.1, 0.15) is 0 Å². The SMILES string of the molecule is Cn1ncc2ccc(C3CCC(OC[C@@H]4CNCC[C@@H]4NS(C)(=O)=O)CC3)cc21. The number of nitrogens with zero attached hydrogens (tertiary/aromatic N) is 2. The van der Waals surface area contributed by atoms with Gasteiger partial charge in [0.25, 0.3) is 0 Å². The second-order valence-electron chi connectivity index (χ2n) is 8.64. The number of sulfonamides is 1. The van der Waals surface area contributed by atoms with Crippen molar-refractivity contribution in [1.82, 2.24) is 19.8 Å². The summed E-state index contributed by atoms with van der Waals surface area (Å²) in [7, 11) is -1.20. The molecule has 0 radical (unpaired) electrons. The molecule has 2 N–H and O–H groups in total. The van der Waals surface area contributed by atoms with Crippen molar-refractivity contribution < 1.29 is 13.2 Å². The second-order valence-corrected chi connectivity index (χ2v) is 10.4. The molecular formula is C21H32N4O3S. The van der Waals surface area contributed by atoms with Crippen LogP contribution in [0, 0.1) is 5.92 Å². The number of piperidine rings is 1. The normalized spacial score (nSPS) is 28.6. The first-order valence-electron chi connectivity index (χ1n) is 10.6. The van der Waals surface area contributed by atoms with Gasteiger partial charge in [-0.1, -0.05) is 12.1 Å². The van der Waals surface area contributed by atoms with Gasteiger partial charge >= 0.3 is 0 Å². The fourth-order valence-electron chi connectivity index (χ4n) is 4.77. The summed E-state index contributed by atoms with van der Waals surface area (Å²) in [6.07, 6.45) is 8.59. The third kappa shape index (κ3) is 5.17. The van der Waals surface area contributed by atoms with Crippen LogP contribution < -0.4 is 10.0 Å². The highest BCUT2D eigenvalue weighted by Gasteiger charge is 2.29. The Labute approximate surface area is 173 Å². The lowest BCUT2D eigenvalue weighted by molar-refractivity contribution is -0.00402. The lowest BCUT2D eigenvalue weighted by Gasteiger charge is -2.34. The van der Waals surface area contributed by atoms with Gasteiger partial charge in [-0.15, -0.1) is 0 Å². The Bertz CT molecular complexity index is 935. The van der Waals surface area contributed by atoms with Gasteiger partial charge in [0, 0.05) is 30.9 Å². The molecule has 160 valence electrons. The minimum atomic E-state index is -3.19. The van der Waals surface area contributed by atoms with Crippen LogP contribution in [0.3, 0.4) is 0 Å². The molecule has 1 saturated carbocycles. The average molecular weight is 421 g/mol. The molecule has 1 aliphatic carbocycles. The number of aromatic nitrogens is 2. The third-order valence-electron chi connectivity index (χ3n) is 6.44. The predicted molar refractivity (Wildman–Crippen MR) is 114 cm³/mol. The number of nitrogens with one attached hydrogen (secondary N) is 2. The van der Waals surface area contributed by atoms with Crippen LogP contribution in [0.25, 0.3) is 10.9 Å². The van der Waals surface area contributed by atoms with Crippen LogP contribution in [-0.4, -0.2) is 56.3 Å². The molecule has 2 aromatic rings. The van der Waals surface area contributed by atoms with Gasteiger partial charge in [-0.05, 0) is 56.2 Å². The summed E-state index contributed by atoms with van der Waals surface area (Å²) in [6, 6.07) is 6.66. The third-order valence-corrected chi connectivity index (χ3v) is 7.17. The van der Waals surface area contributed by atoms with E-state index in [1.54, 1.807) is 0 Å². The summed E-state index contributed by atoms with van der Waals surface area (Å²) >= 11 is 0. The Hall–Kier alpha value is -1.48. The minimum Gasteiger partial charge on any atom is -0.378 e. The van der Waals surface area contributed by atoms with E-state index in [0.717, 1.165) is 45.2 Å². The number of hydrogen-bond donors (Lipinski definition) is 2. The summed E-state index contributed by atoms with van der Waals surface area (Å²) in [4.78, 5) is 0. The number of fused-ring (bicyclic) bond motifs is 1. The molecule has 1 saturated heterocycles. The van der Waals surface area contributed by atoms with E-state index in [9.17, 15) is 8.42 Å². The van der Waals surface area contributed by atoms with Crippen molar-refractivity contribution in [1.29, 1.82) is 0 Å². The van der Waals surface area contributed by atoms with Gasteiger partial charge < -0.3 is 10.1 Å². The zero-order valence-corrected chi connectivity index (χ0v) is 18.1. The van der Waals surface area contributed by atoms with Gasteiger partial charge in [0.15, 0.2) is 0 Å². The summed E-state index contributed by atoms with van der Waals surface area (Å²) in [5.74, 6) is 0.758. The van der Waals surface area contributed by atoms with Gasteiger partial charge in [-0.3, -0.25) is 4.68 Å². The van der Waals surface area contributed by atoms with E-state index >= 15 is 0 Å². The van der Waals surface area contributed by atoms with Crippen molar-refractivity contribution in [2.45, 2.75) is 50.2 Å². The Kier molecular flexibility index (Phi) is 6.24. The molecule has 1 aliphatic heterocycles. The molecule has 7 nitrogen and oxygen atoms in total. The van der Waals surface area contributed by atoms with E-state index in [-0.39, 0.29) is 18.1 Å². The van der Waals surface area contributed by atoms with Gasteiger partial charge in [0.05, 0.1) is 30.7 Å². The smallest absolute Gasteiger partial charge is 0.208 e. The van der Waals surface area contributed by atoms with Crippen LogP contribution in [0.4, 0.5) is 0 Å². The van der Waals surface area contributed by atoms with Crippen LogP contribution in [0.5, 0.6) is 0 Å². The minimum absolute atomic E-state index is 0.0341. The monoisotopic (exact) mass is 420 g/mol. The molecular weight excluding hydrogens is 388 g/mol. The summed E-state index contributed by atoms with van der Waals surface area (Å²) in [6.45, 7) is 2.25. The number of ether oxygens (including phenoxy) is 1. The molecule has 2 aliphatic rings. The topological polar surface area (TPSA) is 85.2 Å². The molecule has 0 bridgehead atoms. The van der Waals surface area contributed by atoms with Gasteiger partial charge in [-0.2, -0.15) is 5.10 Å². The maximum atomic E-state index is 11.6. The molecule has 2 fully saturated rings. The van der Waals surface area contributed by atoms with Crippen molar-refractivity contribution >= 4 is 20.9 Å². The zero-order chi connectivity index (χ0) is 20.4. The summed E-state index contributed by atoms with van der Waals surface area (Å²) in [5, 5.41) is 8.89. The Balaban J connectivity index is 1.29. The van der Waals surface area contributed by atoms with E-state index in [1.807, 2.05) is 17.9 Å². The average Bonchev–Trinajstić information content (AvgIpc) is 3.07. The van der Waals surface area contributed by atoms with E-state index in [0.29, 0.717) is 12.5 Å². The molecule has 0 unspecified atom stereocenters. The molecule has 1 aromatic heterocycles. The molecule has 1 aromatic carbocycles. The first-order valence-corrected chi connectivity index (χ1v) is 12.5. The maximum Gasteiger partial charge on any atom is 0.208 e. The highest BCUT2D eigenvalue weighted by molar-refractivity contribution is 7.88. The van der Waals surface area contributed by atoms with Crippen LogP contribution in [0.15, 0.2) is 24.4 Å². The zero-order valence-electron chi connectivity index (χ0n) is 17.3. The van der Waals surface area contributed by atoms with Crippen LogP contribution >= 0.6 is 0 Å². The van der Waals surface area contributed by atoms with E-state index < -0.39 is 10.0 Å². The van der Waals surface area contributed by atoms with E-state index in [2.05, 4.69) is 33.3 Å². The second kappa shape index (κ2) is 8.71. The lowest BCUT2D eigenvalue weighted by Crippen LogP contribution is -2.51. The van der Waals surface area contributed by atoms with Crippen molar-refractivity contribution in [2.75, 3.05) is 26.0 Å². The number of rotatable bonds is 6.